The highest BCUT2D eigenvalue weighted by atomic mass is 35.5. The van der Waals surface area contributed by atoms with Crippen LogP contribution in [-0.4, -0.2) is 36.3 Å². The number of methoxy groups -OCH3 is 1. The molecule has 0 saturated heterocycles. The minimum Gasteiger partial charge on any atom is -0.497 e. The summed E-state index contributed by atoms with van der Waals surface area (Å²) >= 11 is 6.84. The number of benzene rings is 2. The number of carbonyl (C=O) groups is 1. The van der Waals surface area contributed by atoms with Gasteiger partial charge in [-0.1, -0.05) is 23.7 Å². The number of aromatic nitrogens is 2. The lowest BCUT2D eigenvalue weighted by Gasteiger charge is -2.09. The second-order valence-electron chi connectivity index (χ2n) is 7.93. The Morgan fingerprint density at radius 1 is 1.11 bits per heavy atom. The molecule has 0 aliphatic rings. The number of nitrogens with one attached hydrogen (secondary N) is 1. The number of halogens is 1. The molecule has 1 N–H and O–H groups in total. The molecule has 188 valence electrons. The summed E-state index contributed by atoms with van der Waals surface area (Å²) < 4.78 is 32.7. The molecule has 12 heteroatoms. The largest absolute Gasteiger partial charge is 0.497 e. The van der Waals surface area contributed by atoms with Crippen LogP contribution in [0.2, 0.25) is 5.02 Å². The molecule has 36 heavy (non-hydrogen) atoms. The number of aryl methyl sites for hydroxylation is 1. The van der Waals surface area contributed by atoms with E-state index in [0.717, 1.165) is 21.5 Å². The minimum absolute atomic E-state index is 0.0448. The summed E-state index contributed by atoms with van der Waals surface area (Å²) in [6, 6.07) is 14.3. The van der Waals surface area contributed by atoms with Gasteiger partial charge in [0.15, 0.2) is 9.84 Å². The molecule has 0 aliphatic heterocycles. The van der Waals surface area contributed by atoms with Crippen LogP contribution in [0.5, 0.6) is 5.75 Å². The van der Waals surface area contributed by atoms with Gasteiger partial charge in [-0.25, -0.2) is 13.2 Å². The number of hydrogen-bond acceptors (Lipinski definition) is 7. The van der Waals surface area contributed by atoms with E-state index in [-0.39, 0.29) is 28.2 Å². The van der Waals surface area contributed by atoms with Gasteiger partial charge in [-0.3, -0.25) is 18.7 Å². The summed E-state index contributed by atoms with van der Waals surface area (Å²) in [5.74, 6) is -0.187. The number of thiophene rings is 1. The molecule has 0 saturated carbocycles. The molecule has 0 radical (unpaired) electrons. The molecular weight excluding hydrogens is 526 g/mol. The first-order chi connectivity index (χ1) is 17.1. The fourth-order valence-corrected chi connectivity index (χ4v) is 5.97. The molecule has 2 aromatic heterocycles. The van der Waals surface area contributed by atoms with Gasteiger partial charge in [-0.15, -0.1) is 11.3 Å². The highest BCUT2D eigenvalue weighted by Gasteiger charge is 2.20. The quantitative estimate of drug-likeness (QED) is 0.362. The van der Waals surface area contributed by atoms with Gasteiger partial charge in [0.1, 0.15) is 10.6 Å². The highest BCUT2D eigenvalue weighted by Crippen LogP contribution is 2.22. The predicted molar refractivity (Wildman–Crippen MR) is 139 cm³/mol. The number of nitrogens with zero attached hydrogens (tertiary/aromatic N) is 2. The fourth-order valence-electron chi connectivity index (χ4n) is 3.62. The number of hydrogen-bond donors (Lipinski definition) is 1. The lowest BCUT2D eigenvalue weighted by atomic mass is 10.2. The van der Waals surface area contributed by atoms with Crippen molar-refractivity contribution in [3.63, 3.8) is 0 Å². The summed E-state index contributed by atoms with van der Waals surface area (Å²) in [5.41, 5.74) is -0.480. The molecular formula is C24H22ClN3O6S2. The zero-order chi connectivity index (χ0) is 26.0. The number of carbonyl (C=O) groups excluding carboxylic acids is 1. The van der Waals surface area contributed by atoms with Crippen molar-refractivity contribution in [2.24, 2.45) is 7.05 Å². The maximum Gasteiger partial charge on any atom is 0.331 e. The van der Waals surface area contributed by atoms with Crippen molar-refractivity contribution >= 4 is 48.9 Å². The Labute approximate surface area is 215 Å². The van der Waals surface area contributed by atoms with Crippen molar-refractivity contribution in [2.75, 3.05) is 12.9 Å². The standard InChI is InChI=1S/C24H22ClN3O6S2/c1-27-23-19(13-20(35-23)21(29)26-14-15-4-3-5-17(12-15)34-2)22(30)28(24(27)31)10-11-36(32,33)18-8-6-16(25)7-9-18/h3-9,12-13H,10-11,14H2,1-2H3,(H,26,29). The molecule has 4 aromatic rings. The number of fused-ring (bicyclic) bond motifs is 1. The zero-order valence-corrected chi connectivity index (χ0v) is 21.7. The van der Waals surface area contributed by atoms with Gasteiger partial charge >= 0.3 is 5.69 Å². The Hall–Kier alpha value is -3.41. The maximum atomic E-state index is 13.1. The molecule has 0 bridgehead atoms. The first-order valence-corrected chi connectivity index (χ1v) is 13.6. The average molecular weight is 548 g/mol. The number of rotatable bonds is 8. The molecule has 2 aromatic carbocycles. The van der Waals surface area contributed by atoms with Crippen molar-refractivity contribution in [2.45, 2.75) is 18.0 Å². The van der Waals surface area contributed by atoms with E-state index < -0.39 is 32.7 Å². The van der Waals surface area contributed by atoms with Crippen molar-refractivity contribution in [3.8, 4) is 5.75 Å². The monoisotopic (exact) mass is 547 g/mol. The Balaban J connectivity index is 1.58. The van der Waals surface area contributed by atoms with Gasteiger partial charge < -0.3 is 10.1 Å². The third-order valence-corrected chi connectivity index (χ3v) is 8.75. The number of sulfone groups is 1. The topological polar surface area (TPSA) is 116 Å². The molecule has 1 amide bonds. The lowest BCUT2D eigenvalue weighted by molar-refractivity contribution is 0.0955. The van der Waals surface area contributed by atoms with Crippen LogP contribution < -0.4 is 21.3 Å². The molecule has 9 nitrogen and oxygen atoms in total. The van der Waals surface area contributed by atoms with Crippen molar-refractivity contribution < 1.29 is 17.9 Å². The van der Waals surface area contributed by atoms with E-state index in [9.17, 15) is 22.8 Å². The van der Waals surface area contributed by atoms with E-state index in [1.165, 1.54) is 41.9 Å². The van der Waals surface area contributed by atoms with Crippen LogP contribution in [0.25, 0.3) is 10.2 Å². The maximum absolute atomic E-state index is 13.1. The van der Waals surface area contributed by atoms with Gasteiger partial charge in [0, 0.05) is 25.2 Å². The molecule has 0 atom stereocenters. The molecule has 4 rings (SSSR count). The van der Waals surface area contributed by atoms with Gasteiger partial charge in [-0.05, 0) is 48.0 Å². The van der Waals surface area contributed by atoms with E-state index >= 15 is 0 Å². The van der Waals surface area contributed by atoms with E-state index in [4.69, 9.17) is 16.3 Å². The zero-order valence-electron chi connectivity index (χ0n) is 19.4. The SMILES string of the molecule is COc1cccc(CNC(=O)c2cc3c(=O)n(CCS(=O)(=O)c4ccc(Cl)cc4)c(=O)n(C)c3s2)c1. The van der Waals surface area contributed by atoms with Crippen LogP contribution in [-0.2, 0) is 30.0 Å². The smallest absolute Gasteiger partial charge is 0.331 e. The Morgan fingerprint density at radius 2 is 1.83 bits per heavy atom. The van der Waals surface area contributed by atoms with E-state index in [2.05, 4.69) is 5.32 Å². The van der Waals surface area contributed by atoms with Gasteiger partial charge in [0.05, 0.1) is 28.0 Å². The second kappa shape index (κ2) is 10.3. The molecule has 0 unspecified atom stereocenters. The number of amides is 1. The first-order valence-electron chi connectivity index (χ1n) is 10.7. The van der Waals surface area contributed by atoms with Crippen LogP contribution >= 0.6 is 22.9 Å². The second-order valence-corrected chi connectivity index (χ2v) is 11.5. The Morgan fingerprint density at radius 3 is 2.53 bits per heavy atom. The molecule has 0 fully saturated rings. The van der Waals surface area contributed by atoms with Gasteiger partial charge in [-0.2, -0.15) is 0 Å². The summed E-state index contributed by atoms with van der Waals surface area (Å²) in [5, 5.41) is 3.35. The van der Waals surface area contributed by atoms with Crippen LogP contribution in [0, 0.1) is 0 Å². The highest BCUT2D eigenvalue weighted by molar-refractivity contribution is 7.91. The minimum atomic E-state index is -3.76. The average Bonchev–Trinajstić information content (AvgIpc) is 3.32. The summed E-state index contributed by atoms with van der Waals surface area (Å²) in [7, 11) is -0.729. The van der Waals surface area contributed by atoms with Crippen molar-refractivity contribution in [1.29, 1.82) is 0 Å². The van der Waals surface area contributed by atoms with Crippen LogP contribution in [0.4, 0.5) is 0 Å². The number of ether oxygens (including phenoxy) is 1. The Bertz CT molecular complexity index is 1670. The van der Waals surface area contributed by atoms with Crippen LogP contribution in [0.15, 0.2) is 69.1 Å². The van der Waals surface area contributed by atoms with Crippen molar-refractivity contribution in [3.05, 3.63) is 90.9 Å². The fraction of sp³-hybridized carbons (Fsp3) is 0.208. The normalized spacial score (nSPS) is 11.5. The van der Waals surface area contributed by atoms with Crippen molar-refractivity contribution in [1.82, 2.24) is 14.5 Å². The summed E-state index contributed by atoms with van der Waals surface area (Å²) in [6.45, 7) is -0.0877. The Kier molecular flexibility index (Phi) is 7.34. The first kappa shape index (κ1) is 25.7. The molecule has 0 aliphatic carbocycles. The third kappa shape index (κ3) is 5.23. The van der Waals surface area contributed by atoms with E-state index in [1.807, 2.05) is 12.1 Å². The van der Waals surface area contributed by atoms with E-state index in [1.54, 1.807) is 19.2 Å². The summed E-state index contributed by atoms with van der Waals surface area (Å²) in [6.07, 6.45) is 0. The van der Waals surface area contributed by atoms with E-state index in [0.29, 0.717) is 15.6 Å². The third-order valence-electron chi connectivity index (χ3n) is 5.58. The summed E-state index contributed by atoms with van der Waals surface area (Å²) in [4.78, 5) is 39.3. The van der Waals surface area contributed by atoms with Crippen LogP contribution in [0.3, 0.4) is 0 Å². The van der Waals surface area contributed by atoms with Gasteiger partial charge in [0.25, 0.3) is 11.5 Å². The molecule has 0 spiro atoms. The predicted octanol–water partition coefficient (Wildman–Crippen LogP) is 2.83. The van der Waals surface area contributed by atoms with Gasteiger partial charge in [0.2, 0.25) is 0 Å². The van der Waals surface area contributed by atoms with Crippen LogP contribution in [0.1, 0.15) is 15.2 Å². The molecule has 2 heterocycles. The lowest BCUT2D eigenvalue weighted by Crippen LogP contribution is -2.40.